The van der Waals surface area contributed by atoms with E-state index in [1.165, 1.54) is 11.3 Å². The lowest BCUT2D eigenvalue weighted by Gasteiger charge is -2.13. The number of esters is 1. The van der Waals surface area contributed by atoms with E-state index < -0.39 is 11.7 Å². The van der Waals surface area contributed by atoms with Crippen LogP contribution >= 0.6 is 22.9 Å². The van der Waals surface area contributed by atoms with Crippen LogP contribution in [0.4, 0.5) is 5.13 Å². The molecule has 1 aromatic heterocycles. The summed E-state index contributed by atoms with van der Waals surface area (Å²) in [7, 11) is 1.15. The number of phenols is 2. The number of aromatic nitrogens is 1. The van der Waals surface area contributed by atoms with Crippen molar-refractivity contribution in [2.75, 3.05) is 12.4 Å². The van der Waals surface area contributed by atoms with Crippen molar-refractivity contribution in [3.05, 3.63) is 33.8 Å². The molecule has 1 heterocycles. The summed E-state index contributed by atoms with van der Waals surface area (Å²) in [6.45, 7) is 0. The van der Waals surface area contributed by atoms with Crippen LogP contribution in [0.2, 0.25) is 5.02 Å². The van der Waals surface area contributed by atoms with Gasteiger partial charge in [-0.2, -0.15) is 0 Å². The second kappa shape index (κ2) is 7.30. The summed E-state index contributed by atoms with van der Waals surface area (Å²) in [4.78, 5) is 27.6. The molecule has 0 saturated heterocycles. The smallest absolute Gasteiger partial charge is 0.341 e. The van der Waals surface area contributed by atoms with Crippen LogP contribution in [0.25, 0.3) is 0 Å². The fraction of sp³-hybridized carbons (Fsp3) is 0.214. The van der Waals surface area contributed by atoms with Gasteiger partial charge in [0.05, 0.1) is 12.1 Å². The molecule has 0 radical (unpaired) electrons. The van der Waals surface area contributed by atoms with Crippen molar-refractivity contribution in [2.24, 2.45) is 0 Å². The minimum atomic E-state index is -0.806. The normalized spacial score (nSPS) is 10.3. The number of ether oxygens (including phenoxy) is 1. The third-order valence-electron chi connectivity index (χ3n) is 2.99. The van der Waals surface area contributed by atoms with E-state index in [1.54, 1.807) is 11.6 Å². The summed E-state index contributed by atoms with van der Waals surface area (Å²) in [6, 6.07) is 0.952. The molecule has 0 spiro atoms. The lowest BCUT2D eigenvalue weighted by Crippen LogP contribution is -2.14. The second-order valence-electron chi connectivity index (χ2n) is 4.46. The fourth-order valence-corrected chi connectivity index (χ4v) is 2.74. The number of halogens is 1. The zero-order chi connectivity index (χ0) is 17.0. The van der Waals surface area contributed by atoms with Gasteiger partial charge in [0.1, 0.15) is 17.1 Å². The van der Waals surface area contributed by atoms with Crippen LogP contribution in [-0.2, 0) is 16.0 Å². The van der Waals surface area contributed by atoms with E-state index >= 15 is 0 Å². The van der Waals surface area contributed by atoms with Gasteiger partial charge in [-0.05, 0) is 12.0 Å². The molecule has 1 aromatic carbocycles. The van der Waals surface area contributed by atoms with Gasteiger partial charge in [-0.1, -0.05) is 11.6 Å². The van der Waals surface area contributed by atoms with Crippen molar-refractivity contribution in [1.82, 2.24) is 4.98 Å². The molecule has 2 rings (SSSR count). The van der Waals surface area contributed by atoms with Crippen molar-refractivity contribution >= 4 is 39.9 Å². The molecule has 0 saturated carbocycles. The van der Waals surface area contributed by atoms with Crippen LogP contribution in [0.5, 0.6) is 11.5 Å². The van der Waals surface area contributed by atoms with E-state index in [1.807, 2.05) is 0 Å². The summed E-state index contributed by atoms with van der Waals surface area (Å²) in [6.07, 6.45) is 1.56. The maximum absolute atomic E-state index is 11.9. The molecule has 23 heavy (non-hydrogen) atoms. The number of phenolic OH excluding ortho intramolecular Hbond substituents is 2. The Morgan fingerprint density at radius 3 is 2.74 bits per heavy atom. The monoisotopic (exact) mass is 356 g/mol. The van der Waals surface area contributed by atoms with Gasteiger partial charge >= 0.3 is 5.97 Å². The fourth-order valence-electron chi connectivity index (χ4n) is 1.95. The molecule has 1 amide bonds. The van der Waals surface area contributed by atoms with Crippen molar-refractivity contribution in [3.8, 4) is 11.5 Å². The summed E-state index contributed by atoms with van der Waals surface area (Å²) in [5, 5.41) is 24.2. The topological polar surface area (TPSA) is 109 Å². The van der Waals surface area contributed by atoms with E-state index in [2.05, 4.69) is 15.0 Å². The Morgan fingerprint density at radius 2 is 2.13 bits per heavy atom. The summed E-state index contributed by atoms with van der Waals surface area (Å²) in [5.41, 5.74) is -0.0253. The van der Waals surface area contributed by atoms with Gasteiger partial charge < -0.3 is 20.3 Å². The second-order valence-corrected chi connectivity index (χ2v) is 5.73. The predicted molar refractivity (Wildman–Crippen MR) is 85.2 cm³/mol. The van der Waals surface area contributed by atoms with Gasteiger partial charge in [0.2, 0.25) is 5.91 Å². The summed E-state index contributed by atoms with van der Waals surface area (Å²) < 4.78 is 4.60. The van der Waals surface area contributed by atoms with Crippen molar-refractivity contribution in [1.29, 1.82) is 0 Å². The number of carbonyl (C=O) groups is 2. The molecule has 7 nitrogen and oxygen atoms in total. The zero-order valence-corrected chi connectivity index (χ0v) is 13.6. The molecular weight excluding hydrogens is 344 g/mol. The largest absolute Gasteiger partial charge is 0.507 e. The molecule has 0 aliphatic rings. The Kier molecular flexibility index (Phi) is 5.41. The average molecular weight is 357 g/mol. The molecule has 0 atom stereocenters. The molecule has 122 valence electrons. The van der Waals surface area contributed by atoms with Gasteiger partial charge in [-0.15, -0.1) is 11.3 Å². The number of anilines is 1. The van der Waals surface area contributed by atoms with Crippen LogP contribution in [0, 0.1) is 0 Å². The first-order valence-corrected chi connectivity index (χ1v) is 7.70. The SMILES string of the molecule is COC(=O)c1c(O)cc(O)c(Cl)c1CCC(=O)Nc1nccs1. The number of methoxy groups -OCH3 is 1. The highest BCUT2D eigenvalue weighted by Crippen LogP contribution is 2.37. The van der Waals surface area contributed by atoms with Gasteiger partial charge in [-0.25, -0.2) is 9.78 Å². The van der Waals surface area contributed by atoms with Crippen LogP contribution in [0.3, 0.4) is 0 Å². The standard InChI is InChI=1S/C14H13ClN2O5S/c1-22-13(21)11-7(12(15)9(19)6-8(11)18)2-3-10(20)17-14-16-4-5-23-14/h4-6,18-19H,2-3H2,1H3,(H,16,17,20). The van der Waals surface area contributed by atoms with Crippen LogP contribution < -0.4 is 5.32 Å². The molecule has 0 bridgehead atoms. The quantitative estimate of drug-likeness (QED) is 0.710. The number of hydrogen-bond acceptors (Lipinski definition) is 7. The third kappa shape index (κ3) is 3.91. The Morgan fingerprint density at radius 1 is 1.39 bits per heavy atom. The first-order chi connectivity index (χ1) is 10.9. The van der Waals surface area contributed by atoms with Gasteiger partial charge in [-0.3, -0.25) is 4.79 Å². The molecule has 3 N–H and O–H groups in total. The van der Waals surface area contributed by atoms with Crippen LogP contribution in [-0.4, -0.2) is 34.2 Å². The summed E-state index contributed by atoms with van der Waals surface area (Å²) in [5.74, 6) is -1.99. The highest BCUT2D eigenvalue weighted by molar-refractivity contribution is 7.13. The van der Waals surface area contributed by atoms with Gasteiger partial charge in [0.15, 0.2) is 5.13 Å². The third-order valence-corrected chi connectivity index (χ3v) is 4.10. The Balaban J connectivity index is 2.21. The molecule has 0 aliphatic carbocycles. The number of rotatable bonds is 5. The van der Waals surface area contributed by atoms with Gasteiger partial charge in [0, 0.05) is 24.1 Å². The van der Waals surface area contributed by atoms with Crippen LogP contribution in [0.15, 0.2) is 17.6 Å². The highest BCUT2D eigenvalue weighted by Gasteiger charge is 2.23. The predicted octanol–water partition coefficient (Wildman–Crippen LogP) is 2.57. The van der Waals surface area contributed by atoms with Crippen molar-refractivity contribution < 1.29 is 24.5 Å². The minimum Gasteiger partial charge on any atom is -0.507 e. The number of hydrogen-bond donors (Lipinski definition) is 3. The number of carbonyl (C=O) groups excluding carboxylic acids is 2. The van der Waals surface area contributed by atoms with Crippen molar-refractivity contribution in [2.45, 2.75) is 12.8 Å². The van der Waals surface area contributed by atoms with Gasteiger partial charge in [0.25, 0.3) is 0 Å². The highest BCUT2D eigenvalue weighted by atomic mass is 35.5. The van der Waals surface area contributed by atoms with E-state index in [0.29, 0.717) is 5.13 Å². The molecule has 0 unspecified atom stereocenters. The maximum Gasteiger partial charge on any atom is 0.341 e. The number of nitrogens with zero attached hydrogens (tertiary/aromatic N) is 1. The number of nitrogens with one attached hydrogen (secondary N) is 1. The van der Waals surface area contributed by atoms with E-state index in [0.717, 1.165) is 13.2 Å². The Hall–Kier alpha value is -2.32. The molecule has 0 aliphatic heterocycles. The number of thiazole rings is 1. The number of benzene rings is 1. The van der Waals surface area contributed by atoms with Crippen LogP contribution in [0.1, 0.15) is 22.3 Å². The lowest BCUT2D eigenvalue weighted by atomic mass is 10.0. The lowest BCUT2D eigenvalue weighted by molar-refractivity contribution is -0.116. The molecule has 2 aromatic rings. The number of amides is 1. The maximum atomic E-state index is 11.9. The number of aromatic hydroxyl groups is 2. The Bertz CT molecular complexity index is 733. The van der Waals surface area contributed by atoms with Crippen molar-refractivity contribution in [3.63, 3.8) is 0 Å². The molecular formula is C14H13ClN2O5S. The molecule has 9 heteroatoms. The first kappa shape index (κ1) is 17.0. The molecule has 0 fully saturated rings. The van der Waals surface area contributed by atoms with E-state index in [9.17, 15) is 19.8 Å². The van der Waals surface area contributed by atoms with E-state index in [-0.39, 0.29) is 40.6 Å². The Labute approximate surface area is 140 Å². The summed E-state index contributed by atoms with van der Waals surface area (Å²) >= 11 is 7.26. The minimum absolute atomic E-state index is 0.0216. The first-order valence-electron chi connectivity index (χ1n) is 6.45. The van der Waals surface area contributed by atoms with E-state index in [4.69, 9.17) is 11.6 Å². The average Bonchev–Trinajstić information content (AvgIpc) is 3.01. The zero-order valence-electron chi connectivity index (χ0n) is 12.0.